The molecule has 2 N–H and O–H groups in total. The molecule has 1 nitrogen and oxygen atoms in total. The highest BCUT2D eigenvalue weighted by molar-refractivity contribution is 4.72. The minimum Gasteiger partial charge on any atom is -0.328 e. The molecule has 0 aromatic carbocycles. The van der Waals surface area contributed by atoms with E-state index in [1.807, 2.05) is 0 Å². The lowest BCUT2D eigenvalue weighted by atomic mass is 9.85. The van der Waals surface area contributed by atoms with Crippen molar-refractivity contribution in [2.45, 2.75) is 45.1 Å². The molecule has 1 heteroatoms. The van der Waals surface area contributed by atoms with Crippen LogP contribution in [0, 0.1) is 5.92 Å². The lowest BCUT2D eigenvalue weighted by molar-refractivity contribution is 0.319. The molecular formula is C8H17N. The first-order valence-corrected chi connectivity index (χ1v) is 4.08. The van der Waals surface area contributed by atoms with Crippen LogP contribution in [-0.4, -0.2) is 6.04 Å². The third-order valence-corrected chi connectivity index (χ3v) is 2.47. The number of hydrogen-bond donors (Lipinski definition) is 1. The smallest absolute Gasteiger partial charge is 0.00390 e. The maximum absolute atomic E-state index is 5.75. The standard InChI is InChI=1S/C8H17N/c1-2-7-3-5-8(9)6-4-7/h7-8H,2-6,9H2,1H3/t7-,8-. The lowest BCUT2D eigenvalue weighted by Gasteiger charge is -2.24. The summed E-state index contributed by atoms with van der Waals surface area (Å²) < 4.78 is 0. The molecule has 1 aliphatic rings. The van der Waals surface area contributed by atoms with Crippen molar-refractivity contribution in [1.82, 2.24) is 0 Å². The van der Waals surface area contributed by atoms with Crippen molar-refractivity contribution in [3.63, 3.8) is 0 Å². The SMILES string of the molecule is CC[C@H]1CC[C@H](N)CC1. The summed E-state index contributed by atoms with van der Waals surface area (Å²) in [6, 6.07) is 0.521. The minimum atomic E-state index is 0.521. The zero-order chi connectivity index (χ0) is 6.69. The summed E-state index contributed by atoms with van der Waals surface area (Å²) in [5.74, 6) is 0.991. The van der Waals surface area contributed by atoms with Crippen LogP contribution in [0.2, 0.25) is 0 Å². The molecule has 1 rings (SSSR count). The first kappa shape index (κ1) is 7.07. The van der Waals surface area contributed by atoms with Gasteiger partial charge < -0.3 is 5.73 Å². The third kappa shape index (κ3) is 1.98. The fourth-order valence-electron chi connectivity index (χ4n) is 1.60. The van der Waals surface area contributed by atoms with E-state index < -0.39 is 0 Å². The largest absolute Gasteiger partial charge is 0.328 e. The molecule has 1 fully saturated rings. The van der Waals surface area contributed by atoms with Gasteiger partial charge in [-0.2, -0.15) is 0 Å². The Bertz CT molecular complexity index is 72.6. The molecule has 0 bridgehead atoms. The first-order valence-electron chi connectivity index (χ1n) is 4.08. The molecule has 9 heavy (non-hydrogen) atoms. The van der Waals surface area contributed by atoms with Gasteiger partial charge in [0, 0.05) is 6.04 Å². The molecule has 0 saturated heterocycles. The topological polar surface area (TPSA) is 26.0 Å². The van der Waals surface area contributed by atoms with E-state index in [2.05, 4.69) is 6.92 Å². The second kappa shape index (κ2) is 3.21. The van der Waals surface area contributed by atoms with E-state index in [4.69, 9.17) is 5.73 Å². The van der Waals surface area contributed by atoms with Gasteiger partial charge in [-0.25, -0.2) is 0 Å². The van der Waals surface area contributed by atoms with Gasteiger partial charge in [0.05, 0.1) is 0 Å². The third-order valence-electron chi connectivity index (χ3n) is 2.47. The normalized spacial score (nSPS) is 36.7. The molecule has 0 aromatic heterocycles. The van der Waals surface area contributed by atoms with Gasteiger partial charge in [0.2, 0.25) is 0 Å². The van der Waals surface area contributed by atoms with Crippen LogP contribution < -0.4 is 5.73 Å². The zero-order valence-electron chi connectivity index (χ0n) is 6.27. The van der Waals surface area contributed by atoms with Gasteiger partial charge in [-0.05, 0) is 31.6 Å². The number of hydrogen-bond acceptors (Lipinski definition) is 1. The summed E-state index contributed by atoms with van der Waals surface area (Å²) in [5.41, 5.74) is 5.75. The summed E-state index contributed by atoms with van der Waals surface area (Å²) in [7, 11) is 0. The molecule has 0 heterocycles. The van der Waals surface area contributed by atoms with Crippen molar-refractivity contribution >= 4 is 0 Å². The molecule has 0 radical (unpaired) electrons. The lowest BCUT2D eigenvalue weighted by Crippen LogP contribution is -2.26. The maximum atomic E-state index is 5.75. The predicted molar refractivity (Wildman–Crippen MR) is 40.2 cm³/mol. The van der Waals surface area contributed by atoms with Crippen LogP contribution in [0.5, 0.6) is 0 Å². The molecular weight excluding hydrogens is 110 g/mol. The van der Waals surface area contributed by atoms with E-state index in [1.54, 1.807) is 0 Å². The quantitative estimate of drug-likeness (QED) is 0.572. The summed E-state index contributed by atoms with van der Waals surface area (Å²) in [5, 5.41) is 0. The summed E-state index contributed by atoms with van der Waals surface area (Å²) >= 11 is 0. The van der Waals surface area contributed by atoms with Crippen molar-refractivity contribution in [3.8, 4) is 0 Å². The van der Waals surface area contributed by atoms with Crippen LogP contribution in [0.15, 0.2) is 0 Å². The highest BCUT2D eigenvalue weighted by Gasteiger charge is 2.15. The van der Waals surface area contributed by atoms with Crippen LogP contribution in [0.4, 0.5) is 0 Å². The number of nitrogens with two attached hydrogens (primary N) is 1. The fraction of sp³-hybridized carbons (Fsp3) is 1.00. The van der Waals surface area contributed by atoms with E-state index in [1.165, 1.54) is 32.1 Å². The fourth-order valence-corrected chi connectivity index (χ4v) is 1.60. The highest BCUT2D eigenvalue weighted by atomic mass is 14.6. The van der Waals surface area contributed by atoms with Crippen molar-refractivity contribution in [1.29, 1.82) is 0 Å². The molecule has 1 saturated carbocycles. The van der Waals surface area contributed by atoms with Crippen molar-refractivity contribution in [3.05, 3.63) is 0 Å². The van der Waals surface area contributed by atoms with Gasteiger partial charge in [0.15, 0.2) is 0 Å². The van der Waals surface area contributed by atoms with E-state index >= 15 is 0 Å². The second-order valence-electron chi connectivity index (χ2n) is 3.19. The Kier molecular flexibility index (Phi) is 2.52. The average Bonchev–Trinajstić information content (AvgIpc) is 1.90. The van der Waals surface area contributed by atoms with Gasteiger partial charge in [0.25, 0.3) is 0 Å². The number of rotatable bonds is 1. The summed E-state index contributed by atoms with van der Waals surface area (Å²) in [6.45, 7) is 2.28. The Morgan fingerprint density at radius 2 is 1.78 bits per heavy atom. The first-order chi connectivity index (χ1) is 4.33. The van der Waals surface area contributed by atoms with Crippen LogP contribution >= 0.6 is 0 Å². The van der Waals surface area contributed by atoms with Crippen molar-refractivity contribution in [2.75, 3.05) is 0 Å². The molecule has 1 aliphatic carbocycles. The Morgan fingerprint density at radius 1 is 1.22 bits per heavy atom. The summed E-state index contributed by atoms with van der Waals surface area (Å²) in [6.07, 6.45) is 6.62. The van der Waals surface area contributed by atoms with E-state index in [0.29, 0.717) is 6.04 Å². The van der Waals surface area contributed by atoms with Crippen LogP contribution in [-0.2, 0) is 0 Å². The van der Waals surface area contributed by atoms with Crippen molar-refractivity contribution in [2.24, 2.45) is 11.7 Å². The Morgan fingerprint density at radius 3 is 2.22 bits per heavy atom. The van der Waals surface area contributed by atoms with Crippen LogP contribution in [0.1, 0.15) is 39.0 Å². The van der Waals surface area contributed by atoms with E-state index in [9.17, 15) is 0 Å². The monoisotopic (exact) mass is 127 g/mol. The molecule has 0 spiro atoms. The molecule has 0 atom stereocenters. The van der Waals surface area contributed by atoms with E-state index in [-0.39, 0.29) is 0 Å². The minimum absolute atomic E-state index is 0.521. The van der Waals surface area contributed by atoms with Crippen LogP contribution in [0.25, 0.3) is 0 Å². The predicted octanol–water partition coefficient (Wildman–Crippen LogP) is 1.91. The van der Waals surface area contributed by atoms with Gasteiger partial charge in [-0.1, -0.05) is 13.3 Å². The van der Waals surface area contributed by atoms with Crippen molar-refractivity contribution < 1.29 is 0 Å². The Hall–Kier alpha value is -0.0400. The second-order valence-corrected chi connectivity index (χ2v) is 3.19. The molecule has 0 aromatic rings. The van der Waals surface area contributed by atoms with Gasteiger partial charge in [0.1, 0.15) is 0 Å². The Balaban J connectivity index is 2.18. The van der Waals surface area contributed by atoms with Gasteiger partial charge in [-0.3, -0.25) is 0 Å². The highest BCUT2D eigenvalue weighted by Crippen LogP contribution is 2.24. The maximum Gasteiger partial charge on any atom is 0.00390 e. The molecule has 0 aliphatic heterocycles. The zero-order valence-corrected chi connectivity index (χ0v) is 6.27. The van der Waals surface area contributed by atoms with Gasteiger partial charge >= 0.3 is 0 Å². The molecule has 0 unspecified atom stereocenters. The van der Waals surface area contributed by atoms with Gasteiger partial charge in [-0.15, -0.1) is 0 Å². The Labute approximate surface area is 57.6 Å². The van der Waals surface area contributed by atoms with E-state index in [0.717, 1.165) is 5.92 Å². The summed E-state index contributed by atoms with van der Waals surface area (Å²) in [4.78, 5) is 0. The molecule has 54 valence electrons. The average molecular weight is 127 g/mol. The van der Waals surface area contributed by atoms with Crippen LogP contribution in [0.3, 0.4) is 0 Å². The molecule has 0 amide bonds.